The first-order chi connectivity index (χ1) is 14.2. The smallest absolute Gasteiger partial charge is 0.310 e. The van der Waals surface area contributed by atoms with Crippen LogP contribution >= 0.6 is 0 Å². The first-order valence-electron chi connectivity index (χ1n) is 11.1. The molecule has 2 rings (SSSR count). The number of methoxy groups -OCH3 is 1. The van der Waals surface area contributed by atoms with Crippen LogP contribution in [0.3, 0.4) is 0 Å². The summed E-state index contributed by atoms with van der Waals surface area (Å²) in [4.78, 5) is 11.1. The van der Waals surface area contributed by atoms with E-state index >= 15 is 8.78 Å². The van der Waals surface area contributed by atoms with Crippen LogP contribution in [0.4, 0.5) is 8.78 Å². The Balaban J connectivity index is 1.98. The second-order valence-electron chi connectivity index (χ2n) is 8.66. The van der Waals surface area contributed by atoms with Gasteiger partial charge in [0.2, 0.25) is 0 Å². The van der Waals surface area contributed by atoms with Gasteiger partial charge in [0.1, 0.15) is 6.10 Å². The van der Waals surface area contributed by atoms with E-state index in [4.69, 9.17) is 4.74 Å². The average Bonchev–Trinajstić information content (AvgIpc) is 3.13. The monoisotopic (exact) mass is 430 g/mol. The molecule has 0 amide bonds. The first kappa shape index (κ1) is 24.8. The van der Waals surface area contributed by atoms with Gasteiger partial charge in [0, 0.05) is 18.8 Å². The highest BCUT2D eigenvalue weighted by molar-refractivity contribution is 5.69. The van der Waals surface area contributed by atoms with Crippen molar-refractivity contribution in [3.8, 4) is 0 Å². The highest BCUT2D eigenvalue weighted by Gasteiger charge is 2.63. The summed E-state index contributed by atoms with van der Waals surface area (Å²) in [6, 6.07) is 0. The van der Waals surface area contributed by atoms with Gasteiger partial charge in [0.05, 0.1) is 25.2 Å². The third kappa shape index (κ3) is 6.27. The predicted octanol–water partition coefficient (Wildman–Crippen LogP) is 4.38. The number of aliphatic hydroxyl groups excluding tert-OH is 2. The molecule has 0 aromatic carbocycles. The molecule has 2 aliphatic rings. The minimum Gasteiger partial charge on any atom is -0.488 e. The summed E-state index contributed by atoms with van der Waals surface area (Å²) in [5.41, 5.74) is 0. The lowest BCUT2D eigenvalue weighted by Crippen LogP contribution is -2.33. The van der Waals surface area contributed by atoms with Gasteiger partial charge in [-0.3, -0.25) is 4.79 Å². The number of carbonyl (C=O) groups is 1. The van der Waals surface area contributed by atoms with Gasteiger partial charge >= 0.3 is 11.9 Å². The number of ether oxygens (including phenoxy) is 2. The molecule has 6 atom stereocenters. The van der Waals surface area contributed by atoms with Crippen molar-refractivity contribution in [1.29, 1.82) is 0 Å². The third-order valence-electron chi connectivity index (χ3n) is 6.15. The van der Waals surface area contributed by atoms with E-state index in [1.807, 2.05) is 0 Å². The molecular formula is C23H36F2O5. The Hall–Kier alpha value is -1.47. The molecular weight excluding hydrogens is 394 g/mol. The van der Waals surface area contributed by atoms with Crippen molar-refractivity contribution in [3.63, 3.8) is 0 Å². The lowest BCUT2D eigenvalue weighted by atomic mass is 9.87. The lowest BCUT2D eigenvalue weighted by molar-refractivity contribution is -0.140. The van der Waals surface area contributed by atoms with Crippen LogP contribution in [-0.4, -0.2) is 47.5 Å². The Morgan fingerprint density at radius 1 is 1.40 bits per heavy atom. The van der Waals surface area contributed by atoms with Gasteiger partial charge in [-0.2, -0.15) is 8.78 Å². The van der Waals surface area contributed by atoms with Crippen molar-refractivity contribution in [2.45, 2.75) is 89.4 Å². The van der Waals surface area contributed by atoms with E-state index in [0.717, 1.165) is 19.3 Å². The summed E-state index contributed by atoms with van der Waals surface area (Å²) in [5.74, 6) is -5.52. The number of hydrogen-bond donors (Lipinski definition) is 2. The molecule has 1 aliphatic heterocycles. The molecule has 0 radical (unpaired) electrons. The summed E-state index contributed by atoms with van der Waals surface area (Å²) in [6.07, 6.45) is 6.83. The Morgan fingerprint density at radius 3 is 2.80 bits per heavy atom. The van der Waals surface area contributed by atoms with E-state index in [2.05, 4.69) is 18.6 Å². The number of fused-ring (bicyclic) bond motifs is 1. The van der Waals surface area contributed by atoms with E-state index < -0.39 is 36.1 Å². The van der Waals surface area contributed by atoms with Gasteiger partial charge in [0.15, 0.2) is 5.76 Å². The normalized spacial score (nSPS) is 31.0. The Kier molecular flexibility index (Phi) is 9.29. The standard InChI is InChI=1S/C23H36F2O5/c1-4-5-8-15(2)13-16(26)11-12-17-18(27)14-19-22(17)23(24,25)20(30-19)9-6-7-10-21(28)29-3/h9,11-12,15-19,22,26-27H,4-8,10,13-14H2,1-3H3/b12-11+,20-9+/t15-,16+,17-,18+,19-,22+/m0/s1. The lowest BCUT2D eigenvalue weighted by Gasteiger charge is -2.23. The number of esters is 1. The maximum atomic E-state index is 15.0. The van der Waals surface area contributed by atoms with Crippen molar-refractivity contribution in [2.75, 3.05) is 7.11 Å². The fraction of sp³-hybridized carbons (Fsp3) is 0.783. The van der Waals surface area contributed by atoms with E-state index in [9.17, 15) is 15.0 Å². The molecule has 2 N–H and O–H groups in total. The van der Waals surface area contributed by atoms with Crippen molar-refractivity contribution in [3.05, 3.63) is 24.0 Å². The van der Waals surface area contributed by atoms with E-state index in [1.165, 1.54) is 13.2 Å². The maximum absolute atomic E-state index is 15.0. The zero-order valence-electron chi connectivity index (χ0n) is 18.2. The summed E-state index contributed by atoms with van der Waals surface area (Å²) in [6.45, 7) is 4.19. The van der Waals surface area contributed by atoms with Crippen LogP contribution in [-0.2, 0) is 14.3 Å². The van der Waals surface area contributed by atoms with Crippen molar-refractivity contribution in [1.82, 2.24) is 0 Å². The van der Waals surface area contributed by atoms with Gasteiger partial charge in [0.25, 0.3) is 0 Å². The quantitative estimate of drug-likeness (QED) is 0.289. The number of halogens is 2. The fourth-order valence-electron chi connectivity index (χ4n) is 4.46. The number of aliphatic hydroxyl groups is 2. The molecule has 0 spiro atoms. The summed E-state index contributed by atoms with van der Waals surface area (Å²) in [7, 11) is 1.29. The average molecular weight is 431 g/mol. The minimum absolute atomic E-state index is 0.137. The molecule has 5 nitrogen and oxygen atoms in total. The largest absolute Gasteiger partial charge is 0.488 e. The van der Waals surface area contributed by atoms with E-state index in [1.54, 1.807) is 12.2 Å². The van der Waals surface area contributed by atoms with Gasteiger partial charge in [-0.05, 0) is 31.3 Å². The van der Waals surface area contributed by atoms with Crippen molar-refractivity contribution in [2.24, 2.45) is 17.8 Å². The van der Waals surface area contributed by atoms with Crippen LogP contribution in [0.2, 0.25) is 0 Å². The maximum Gasteiger partial charge on any atom is 0.310 e. The minimum atomic E-state index is -3.19. The van der Waals surface area contributed by atoms with Crippen LogP contribution in [0.1, 0.15) is 65.2 Å². The number of allylic oxidation sites excluding steroid dienone is 2. The highest BCUT2D eigenvalue weighted by atomic mass is 19.3. The zero-order valence-corrected chi connectivity index (χ0v) is 18.2. The highest BCUT2D eigenvalue weighted by Crippen LogP contribution is 2.54. The number of hydrogen-bond acceptors (Lipinski definition) is 5. The Morgan fingerprint density at radius 2 is 2.13 bits per heavy atom. The molecule has 30 heavy (non-hydrogen) atoms. The molecule has 1 saturated carbocycles. The number of rotatable bonds is 11. The number of carbonyl (C=O) groups excluding carboxylic acids is 1. The second kappa shape index (κ2) is 11.2. The van der Waals surface area contributed by atoms with Gasteiger partial charge in [-0.15, -0.1) is 0 Å². The van der Waals surface area contributed by atoms with Gasteiger partial charge < -0.3 is 19.7 Å². The molecule has 0 unspecified atom stereocenters. The summed E-state index contributed by atoms with van der Waals surface area (Å²) < 4.78 is 40.1. The molecule has 2 fully saturated rings. The summed E-state index contributed by atoms with van der Waals surface area (Å²) >= 11 is 0. The van der Waals surface area contributed by atoms with Gasteiger partial charge in [-0.1, -0.05) is 45.3 Å². The van der Waals surface area contributed by atoms with Gasteiger partial charge in [-0.25, -0.2) is 0 Å². The number of unbranched alkanes of at least 4 members (excludes halogenated alkanes) is 2. The van der Waals surface area contributed by atoms with E-state index in [-0.39, 0.29) is 31.0 Å². The van der Waals surface area contributed by atoms with Crippen LogP contribution in [0, 0.1) is 17.8 Å². The van der Waals surface area contributed by atoms with E-state index in [0.29, 0.717) is 18.8 Å². The molecule has 0 aromatic heterocycles. The summed E-state index contributed by atoms with van der Waals surface area (Å²) in [5, 5.41) is 20.6. The third-order valence-corrected chi connectivity index (χ3v) is 6.15. The fourth-order valence-corrected chi connectivity index (χ4v) is 4.46. The molecule has 172 valence electrons. The predicted molar refractivity (Wildman–Crippen MR) is 110 cm³/mol. The molecule has 7 heteroatoms. The SMILES string of the molecule is CCCC[C@H](C)C[C@H](O)/C=C/[C@@H]1[C@@H]2[C@H](C[C@H]1O)O/C(=C/CCCC(=O)OC)C2(F)F. The van der Waals surface area contributed by atoms with Crippen LogP contribution in [0.5, 0.6) is 0 Å². The van der Waals surface area contributed by atoms with Crippen LogP contribution in [0.25, 0.3) is 0 Å². The molecule has 1 aliphatic carbocycles. The van der Waals surface area contributed by atoms with Crippen LogP contribution in [0.15, 0.2) is 24.0 Å². The second-order valence-corrected chi connectivity index (χ2v) is 8.66. The molecule has 1 heterocycles. The van der Waals surface area contributed by atoms with Crippen molar-refractivity contribution >= 4 is 5.97 Å². The molecule has 1 saturated heterocycles. The Bertz CT molecular complexity index is 619. The van der Waals surface area contributed by atoms with Crippen molar-refractivity contribution < 1.29 is 33.3 Å². The zero-order chi connectivity index (χ0) is 22.3. The number of alkyl halides is 2. The van der Waals surface area contributed by atoms with Crippen LogP contribution < -0.4 is 0 Å². The first-order valence-corrected chi connectivity index (χ1v) is 11.1. The Labute approximate surface area is 178 Å². The molecule has 0 aromatic rings. The topological polar surface area (TPSA) is 76.0 Å². The molecule has 0 bridgehead atoms.